The molecule has 156 valence electrons. The largest absolute Gasteiger partial charge is 0.472 e. The molecule has 10 heteroatoms. The minimum atomic E-state index is -2.55. The molecule has 1 N–H and O–H groups in total. The molecule has 3 heterocycles. The number of alkyl halides is 2. The first-order valence-electron chi connectivity index (χ1n) is 9.27. The van der Waals surface area contributed by atoms with E-state index in [0.717, 1.165) is 16.7 Å². The van der Waals surface area contributed by atoms with Crippen molar-refractivity contribution in [1.29, 1.82) is 10.5 Å². The fourth-order valence-corrected chi connectivity index (χ4v) is 3.66. The van der Waals surface area contributed by atoms with Gasteiger partial charge in [0.25, 0.3) is 6.43 Å². The molecule has 0 saturated heterocycles. The number of nitriles is 2. The van der Waals surface area contributed by atoms with Crippen LogP contribution in [0.25, 0.3) is 0 Å². The predicted octanol–water partition coefficient (Wildman–Crippen LogP) is 3.70. The van der Waals surface area contributed by atoms with Gasteiger partial charge < -0.3 is 10.1 Å². The number of anilines is 1. The van der Waals surface area contributed by atoms with E-state index in [1.807, 2.05) is 13.0 Å². The lowest BCUT2D eigenvalue weighted by atomic mass is 9.94. The van der Waals surface area contributed by atoms with Gasteiger partial charge in [0.2, 0.25) is 5.88 Å². The highest BCUT2D eigenvalue weighted by Crippen LogP contribution is 2.34. The number of hydrogen-bond acceptors (Lipinski definition) is 7. The molecule has 7 nitrogen and oxygen atoms in total. The lowest BCUT2D eigenvalue weighted by Crippen LogP contribution is -2.34. The number of fused-ring (bicyclic) bond motifs is 1. The summed E-state index contributed by atoms with van der Waals surface area (Å²) in [5.41, 5.74) is 2.95. The molecule has 0 radical (unpaired) electrons. The number of aromatic nitrogens is 2. The Kier molecular flexibility index (Phi) is 6.99. The van der Waals surface area contributed by atoms with E-state index in [0.29, 0.717) is 30.9 Å². The van der Waals surface area contributed by atoms with Crippen LogP contribution in [0.3, 0.4) is 0 Å². The molecule has 0 aromatic carbocycles. The smallest absolute Gasteiger partial charge is 0.272 e. The van der Waals surface area contributed by atoms with E-state index in [1.165, 1.54) is 0 Å². The molecule has 0 bridgehead atoms. The fourth-order valence-electron chi connectivity index (χ4n) is 3.42. The van der Waals surface area contributed by atoms with Crippen LogP contribution in [-0.4, -0.2) is 41.0 Å². The minimum Gasteiger partial charge on any atom is -0.472 e. The van der Waals surface area contributed by atoms with Crippen molar-refractivity contribution in [2.75, 3.05) is 25.0 Å². The molecular weight excluding hydrogens is 414 g/mol. The van der Waals surface area contributed by atoms with Gasteiger partial charge >= 0.3 is 0 Å². The summed E-state index contributed by atoms with van der Waals surface area (Å²) in [6.07, 6.45) is -0.339. The van der Waals surface area contributed by atoms with Crippen LogP contribution < -0.4 is 10.1 Å². The third-order valence-corrected chi connectivity index (χ3v) is 5.25. The summed E-state index contributed by atoms with van der Waals surface area (Å²) in [4.78, 5) is 10.6. The van der Waals surface area contributed by atoms with Crippen LogP contribution in [0.1, 0.15) is 35.2 Å². The lowest BCUT2D eigenvalue weighted by molar-refractivity contribution is 0.0795. The van der Waals surface area contributed by atoms with Crippen LogP contribution in [0.4, 0.5) is 14.6 Å². The van der Waals surface area contributed by atoms with Gasteiger partial charge in [0.05, 0.1) is 11.6 Å². The average molecular weight is 433 g/mol. The summed E-state index contributed by atoms with van der Waals surface area (Å²) >= 11 is 6.16. The van der Waals surface area contributed by atoms with E-state index >= 15 is 0 Å². The number of pyridine rings is 2. The highest BCUT2D eigenvalue weighted by atomic mass is 35.5. The summed E-state index contributed by atoms with van der Waals surface area (Å²) < 4.78 is 29.5. The minimum absolute atomic E-state index is 0.0279. The van der Waals surface area contributed by atoms with Gasteiger partial charge in [-0.05, 0) is 24.5 Å². The van der Waals surface area contributed by atoms with Crippen molar-refractivity contribution >= 4 is 17.4 Å². The van der Waals surface area contributed by atoms with E-state index in [9.17, 15) is 14.0 Å². The number of hydrogen-bond donors (Lipinski definition) is 1. The van der Waals surface area contributed by atoms with Gasteiger partial charge in [-0.15, -0.1) is 0 Å². The van der Waals surface area contributed by atoms with Gasteiger partial charge in [-0.3, -0.25) is 4.90 Å². The molecule has 1 unspecified atom stereocenters. The molecule has 0 aliphatic carbocycles. The van der Waals surface area contributed by atoms with Crippen molar-refractivity contribution in [3.8, 4) is 18.0 Å². The maximum atomic E-state index is 12.3. The second-order valence-electron chi connectivity index (χ2n) is 6.74. The number of nitrogens with one attached hydrogen (secondary N) is 1. The number of halogens is 3. The maximum absolute atomic E-state index is 12.3. The third-order valence-electron chi connectivity index (χ3n) is 4.97. The normalized spacial score (nSPS) is 14.5. The Labute approximate surface area is 177 Å². The maximum Gasteiger partial charge on any atom is 0.272 e. The summed E-state index contributed by atoms with van der Waals surface area (Å²) in [5.74, 6) is 0.650. The highest BCUT2D eigenvalue weighted by Gasteiger charge is 2.28. The zero-order chi connectivity index (χ0) is 21.7. The molecule has 0 saturated carbocycles. The third kappa shape index (κ3) is 4.76. The van der Waals surface area contributed by atoms with E-state index in [-0.39, 0.29) is 23.6 Å². The first-order chi connectivity index (χ1) is 14.4. The molecule has 2 aromatic heterocycles. The van der Waals surface area contributed by atoms with E-state index in [2.05, 4.69) is 26.3 Å². The van der Waals surface area contributed by atoms with Crippen LogP contribution in [0, 0.1) is 22.7 Å². The first kappa shape index (κ1) is 21.7. The predicted molar refractivity (Wildman–Crippen MR) is 106 cm³/mol. The summed E-state index contributed by atoms with van der Waals surface area (Å²) in [5, 5.41) is 21.4. The van der Waals surface area contributed by atoms with Crippen molar-refractivity contribution in [2.24, 2.45) is 0 Å². The summed E-state index contributed by atoms with van der Waals surface area (Å²) in [7, 11) is 0. The summed E-state index contributed by atoms with van der Waals surface area (Å²) in [6, 6.07) is 7.48. The van der Waals surface area contributed by atoms with Crippen LogP contribution in [0.15, 0.2) is 18.3 Å². The van der Waals surface area contributed by atoms with Crippen LogP contribution in [0.2, 0.25) is 5.15 Å². The lowest BCUT2D eigenvalue weighted by Gasteiger charge is -2.35. The first-order valence-corrected chi connectivity index (χ1v) is 9.65. The Hall–Kier alpha value is -3.01. The topological polar surface area (TPSA) is 97.9 Å². The van der Waals surface area contributed by atoms with Gasteiger partial charge in [0, 0.05) is 37.0 Å². The SMILES string of the molecule is CC(c1ccc(OCC(F)F)nc1)N1CCc2c(C#N)c(Cl)nc(NCC#N)c2C1. The van der Waals surface area contributed by atoms with Crippen LogP contribution >= 0.6 is 11.6 Å². The molecule has 1 aliphatic heterocycles. The second-order valence-corrected chi connectivity index (χ2v) is 7.09. The van der Waals surface area contributed by atoms with Crippen molar-refractivity contribution in [2.45, 2.75) is 32.4 Å². The number of rotatable bonds is 7. The van der Waals surface area contributed by atoms with E-state index in [1.54, 1.807) is 18.3 Å². The van der Waals surface area contributed by atoms with E-state index < -0.39 is 13.0 Å². The average Bonchev–Trinajstić information content (AvgIpc) is 2.75. The van der Waals surface area contributed by atoms with Gasteiger partial charge in [0.15, 0.2) is 6.61 Å². The Bertz CT molecular complexity index is 987. The van der Waals surface area contributed by atoms with Crippen LogP contribution in [-0.2, 0) is 13.0 Å². The molecule has 0 spiro atoms. The van der Waals surface area contributed by atoms with Gasteiger partial charge in [-0.1, -0.05) is 17.7 Å². The van der Waals surface area contributed by atoms with E-state index in [4.69, 9.17) is 21.6 Å². The zero-order valence-corrected chi connectivity index (χ0v) is 17.0. The quantitative estimate of drug-likeness (QED) is 0.526. The molecule has 0 amide bonds. The fraction of sp³-hybridized carbons (Fsp3) is 0.400. The highest BCUT2D eigenvalue weighted by molar-refractivity contribution is 6.30. The van der Waals surface area contributed by atoms with Gasteiger partial charge in [-0.25, -0.2) is 18.7 Å². The number of nitrogens with zero attached hydrogens (tertiary/aromatic N) is 5. The van der Waals surface area contributed by atoms with Gasteiger partial charge in [0.1, 0.15) is 23.6 Å². The summed E-state index contributed by atoms with van der Waals surface area (Å²) in [6.45, 7) is 2.58. The molecule has 3 rings (SSSR count). The molecule has 30 heavy (non-hydrogen) atoms. The molecular formula is C20H19ClF2N6O. The Morgan fingerprint density at radius 2 is 2.13 bits per heavy atom. The Morgan fingerprint density at radius 3 is 2.77 bits per heavy atom. The Balaban J connectivity index is 1.81. The Morgan fingerprint density at radius 1 is 1.33 bits per heavy atom. The zero-order valence-electron chi connectivity index (χ0n) is 16.2. The standard InChI is InChI=1S/C20H19ClF2N6O/c1-12(13-2-3-18(27-9-13)30-11-17(22)23)29-7-4-14-15(8-25)19(21)28-20(16(14)10-29)26-6-5-24/h2-3,9,12,17H,4,6-7,10-11H2,1H3,(H,26,28). The monoisotopic (exact) mass is 432 g/mol. The van der Waals surface area contributed by atoms with Crippen molar-refractivity contribution in [1.82, 2.24) is 14.9 Å². The molecule has 1 aliphatic rings. The van der Waals surface area contributed by atoms with Gasteiger partial charge in [-0.2, -0.15) is 10.5 Å². The van der Waals surface area contributed by atoms with Crippen molar-refractivity contribution in [3.63, 3.8) is 0 Å². The second kappa shape index (κ2) is 9.66. The van der Waals surface area contributed by atoms with Crippen LogP contribution in [0.5, 0.6) is 5.88 Å². The van der Waals surface area contributed by atoms with Crippen molar-refractivity contribution in [3.05, 3.63) is 45.7 Å². The number of ether oxygens (including phenoxy) is 1. The molecule has 0 fully saturated rings. The van der Waals surface area contributed by atoms with Crippen molar-refractivity contribution < 1.29 is 13.5 Å². The molecule has 2 aromatic rings. The molecule has 1 atom stereocenters.